The second kappa shape index (κ2) is 8.55. The number of hydrogen-bond donors (Lipinski definition) is 1. The third kappa shape index (κ3) is 4.32. The zero-order valence-electron chi connectivity index (χ0n) is 17.8. The molecule has 1 amide bonds. The highest BCUT2D eigenvalue weighted by atomic mass is 32.2. The van der Waals surface area contributed by atoms with Crippen LogP contribution in [0.4, 0.5) is 0 Å². The number of benzene rings is 1. The van der Waals surface area contributed by atoms with Crippen molar-refractivity contribution >= 4 is 39.2 Å². The summed E-state index contributed by atoms with van der Waals surface area (Å²) < 4.78 is 1.73. The minimum absolute atomic E-state index is 0.00957. The molecule has 1 unspecified atom stereocenters. The lowest BCUT2D eigenvalue weighted by Gasteiger charge is -2.16. The molecule has 1 N–H and O–H groups in total. The van der Waals surface area contributed by atoms with Crippen molar-refractivity contribution in [2.24, 2.45) is 0 Å². The Morgan fingerprint density at radius 2 is 2.00 bits per heavy atom. The normalized spacial score (nSPS) is 14.8. The van der Waals surface area contributed by atoms with Crippen molar-refractivity contribution in [2.75, 3.05) is 0 Å². The van der Waals surface area contributed by atoms with Crippen LogP contribution in [-0.2, 0) is 17.8 Å². The van der Waals surface area contributed by atoms with E-state index in [1.165, 1.54) is 22.2 Å². The number of aromatic nitrogens is 2. The molecule has 3 aromatic rings. The van der Waals surface area contributed by atoms with Crippen LogP contribution in [-0.4, -0.2) is 26.8 Å². The predicted octanol–water partition coefficient (Wildman–Crippen LogP) is 4.44. The fraction of sp³-hybridized carbons (Fsp3) is 0.435. The summed E-state index contributed by atoms with van der Waals surface area (Å²) in [7, 11) is 0. The summed E-state index contributed by atoms with van der Waals surface area (Å²) in [6, 6.07) is 8.51. The fourth-order valence-electron chi connectivity index (χ4n) is 3.44. The number of nitrogens with one attached hydrogen (secondary N) is 1. The van der Waals surface area contributed by atoms with E-state index in [1.807, 2.05) is 32.9 Å². The third-order valence-corrected chi connectivity index (χ3v) is 7.89. The molecule has 0 spiro atoms. The van der Waals surface area contributed by atoms with Gasteiger partial charge in [-0.2, -0.15) is 0 Å². The van der Waals surface area contributed by atoms with Gasteiger partial charge in [-0.25, -0.2) is 4.98 Å². The van der Waals surface area contributed by atoms with Crippen LogP contribution in [0.15, 0.2) is 34.2 Å². The molecule has 2 aromatic heterocycles. The van der Waals surface area contributed by atoms with Crippen LogP contribution in [0.25, 0.3) is 10.2 Å². The number of aryl methyl sites for hydroxylation is 3. The van der Waals surface area contributed by atoms with Crippen LogP contribution < -0.4 is 10.9 Å². The molecule has 1 fully saturated rings. The lowest BCUT2D eigenvalue weighted by molar-refractivity contribution is -0.120. The molecule has 0 aliphatic heterocycles. The maximum atomic E-state index is 13.5. The van der Waals surface area contributed by atoms with E-state index < -0.39 is 0 Å². The average molecular weight is 442 g/mol. The largest absolute Gasteiger partial charge is 0.352 e. The summed E-state index contributed by atoms with van der Waals surface area (Å²) in [6.07, 6.45) is 2.99. The Morgan fingerprint density at radius 3 is 2.63 bits per heavy atom. The molecule has 1 aliphatic rings. The summed E-state index contributed by atoms with van der Waals surface area (Å²) in [5.74, 6) is 0.00957. The molecule has 0 bridgehead atoms. The van der Waals surface area contributed by atoms with Gasteiger partial charge in [0.15, 0.2) is 5.16 Å². The minimum atomic E-state index is -0.314. The Kier molecular flexibility index (Phi) is 6.02. The molecule has 1 aromatic carbocycles. The van der Waals surface area contributed by atoms with E-state index >= 15 is 0 Å². The predicted molar refractivity (Wildman–Crippen MR) is 125 cm³/mol. The molecule has 1 aliphatic carbocycles. The van der Waals surface area contributed by atoms with Crippen molar-refractivity contribution in [1.29, 1.82) is 0 Å². The molecule has 158 valence electrons. The molecule has 7 heteroatoms. The van der Waals surface area contributed by atoms with E-state index in [1.54, 1.807) is 15.9 Å². The highest BCUT2D eigenvalue weighted by molar-refractivity contribution is 8.00. The summed E-state index contributed by atoms with van der Waals surface area (Å²) in [5.41, 5.74) is 3.24. The first-order valence-corrected chi connectivity index (χ1v) is 12.1. The van der Waals surface area contributed by atoms with Gasteiger partial charge in [-0.15, -0.1) is 11.3 Å². The second-order valence-electron chi connectivity index (χ2n) is 8.00. The van der Waals surface area contributed by atoms with E-state index in [0.29, 0.717) is 23.1 Å². The van der Waals surface area contributed by atoms with Crippen LogP contribution in [0, 0.1) is 13.8 Å². The van der Waals surface area contributed by atoms with Crippen molar-refractivity contribution in [3.63, 3.8) is 0 Å². The van der Waals surface area contributed by atoms with Crippen molar-refractivity contribution in [3.05, 3.63) is 56.2 Å². The minimum Gasteiger partial charge on any atom is -0.352 e. The number of thioether (sulfide) groups is 1. The van der Waals surface area contributed by atoms with Crippen molar-refractivity contribution in [3.8, 4) is 0 Å². The zero-order chi connectivity index (χ0) is 21.4. The first-order chi connectivity index (χ1) is 14.4. The molecule has 0 saturated heterocycles. The summed E-state index contributed by atoms with van der Waals surface area (Å²) in [4.78, 5) is 32.9. The zero-order valence-corrected chi connectivity index (χ0v) is 19.5. The van der Waals surface area contributed by atoms with Gasteiger partial charge in [-0.3, -0.25) is 14.2 Å². The molecule has 1 atom stereocenters. The Labute approximate surface area is 184 Å². The van der Waals surface area contributed by atoms with Gasteiger partial charge < -0.3 is 5.32 Å². The van der Waals surface area contributed by atoms with Gasteiger partial charge in [0.1, 0.15) is 4.83 Å². The van der Waals surface area contributed by atoms with Gasteiger partial charge in [0.05, 0.1) is 17.2 Å². The maximum Gasteiger partial charge on any atom is 0.263 e. The summed E-state index contributed by atoms with van der Waals surface area (Å²) in [5, 5.41) is 4.06. The van der Waals surface area contributed by atoms with Crippen LogP contribution in [0.2, 0.25) is 0 Å². The number of rotatable bonds is 7. The lowest BCUT2D eigenvalue weighted by atomic mass is 10.1. The molecular formula is C23H27N3O2S2. The second-order valence-corrected chi connectivity index (χ2v) is 10.4. The molecular weight excluding hydrogens is 414 g/mol. The number of amides is 1. The number of carbonyl (C=O) groups excluding carboxylic acids is 1. The molecule has 5 nitrogen and oxygen atoms in total. The van der Waals surface area contributed by atoms with E-state index in [-0.39, 0.29) is 16.7 Å². The highest BCUT2D eigenvalue weighted by Gasteiger charge is 2.27. The monoisotopic (exact) mass is 441 g/mol. The molecule has 4 rings (SSSR count). The van der Waals surface area contributed by atoms with E-state index in [2.05, 4.69) is 24.4 Å². The van der Waals surface area contributed by atoms with Crippen LogP contribution >= 0.6 is 23.1 Å². The van der Waals surface area contributed by atoms with Gasteiger partial charge >= 0.3 is 0 Å². The van der Waals surface area contributed by atoms with Crippen LogP contribution in [0.5, 0.6) is 0 Å². The van der Waals surface area contributed by atoms with Crippen molar-refractivity contribution < 1.29 is 4.79 Å². The number of hydrogen-bond acceptors (Lipinski definition) is 5. The van der Waals surface area contributed by atoms with Gasteiger partial charge in [-0.1, -0.05) is 48.5 Å². The Hall–Kier alpha value is -2.12. The topological polar surface area (TPSA) is 64.0 Å². The molecule has 2 heterocycles. The Bertz CT molecular complexity index is 1140. The quantitative estimate of drug-likeness (QED) is 0.435. The fourth-order valence-corrected chi connectivity index (χ4v) is 5.52. The standard InChI is InChI=1S/C23H27N3O2S2/c1-5-18-14(3)19-21(30-18)25-23(29-15(4)20(27)24-17-10-11-17)26(22(19)28)12-16-8-6-13(2)7-9-16/h6-9,15,17H,5,10-12H2,1-4H3,(H,24,27). The molecule has 30 heavy (non-hydrogen) atoms. The number of carbonyl (C=O) groups is 1. The van der Waals surface area contributed by atoms with E-state index in [4.69, 9.17) is 4.98 Å². The molecule has 1 saturated carbocycles. The van der Waals surface area contributed by atoms with Gasteiger partial charge in [0.2, 0.25) is 5.91 Å². The third-order valence-electron chi connectivity index (χ3n) is 5.47. The van der Waals surface area contributed by atoms with Crippen LogP contribution in [0.3, 0.4) is 0 Å². The number of fused-ring (bicyclic) bond motifs is 1. The smallest absolute Gasteiger partial charge is 0.263 e. The number of thiophene rings is 1. The van der Waals surface area contributed by atoms with E-state index in [9.17, 15) is 9.59 Å². The Morgan fingerprint density at radius 1 is 1.30 bits per heavy atom. The Balaban J connectivity index is 1.76. The summed E-state index contributed by atoms with van der Waals surface area (Å²) >= 11 is 2.96. The first-order valence-electron chi connectivity index (χ1n) is 10.4. The van der Waals surface area contributed by atoms with Gasteiger partial charge in [0, 0.05) is 10.9 Å². The molecule has 0 radical (unpaired) electrons. The first kappa shape index (κ1) is 21.1. The van der Waals surface area contributed by atoms with Gasteiger partial charge in [0.25, 0.3) is 5.56 Å². The maximum absolute atomic E-state index is 13.5. The highest BCUT2D eigenvalue weighted by Crippen LogP contribution is 2.31. The number of nitrogens with zero attached hydrogens (tertiary/aromatic N) is 2. The average Bonchev–Trinajstić information content (AvgIpc) is 3.47. The van der Waals surface area contributed by atoms with Gasteiger partial charge in [-0.05, 0) is 51.2 Å². The lowest BCUT2D eigenvalue weighted by Crippen LogP contribution is -2.33. The summed E-state index contributed by atoms with van der Waals surface area (Å²) in [6.45, 7) is 8.48. The van der Waals surface area contributed by atoms with Crippen LogP contribution in [0.1, 0.15) is 48.3 Å². The SMILES string of the molecule is CCc1sc2nc(SC(C)C(=O)NC3CC3)n(Cc3ccc(C)cc3)c(=O)c2c1C. The van der Waals surface area contributed by atoms with Crippen molar-refractivity contribution in [2.45, 2.75) is 70.0 Å². The van der Waals surface area contributed by atoms with Crippen molar-refractivity contribution in [1.82, 2.24) is 14.9 Å². The van der Waals surface area contributed by atoms with E-state index in [0.717, 1.165) is 35.2 Å².